The summed E-state index contributed by atoms with van der Waals surface area (Å²) in [4.78, 5) is 22.6. The van der Waals surface area contributed by atoms with E-state index < -0.39 is 17.3 Å². The number of fused-ring (bicyclic) bond motifs is 1. The molecular formula is C22H19F3N4O. The van der Waals surface area contributed by atoms with Gasteiger partial charge in [0.25, 0.3) is 0 Å². The molecule has 1 aliphatic carbocycles. The van der Waals surface area contributed by atoms with Crippen LogP contribution in [-0.2, 0) is 22.8 Å². The molecule has 5 nitrogen and oxygen atoms in total. The van der Waals surface area contributed by atoms with E-state index in [4.69, 9.17) is 5.26 Å². The number of aliphatic imine (C=N–C) groups is 1. The summed E-state index contributed by atoms with van der Waals surface area (Å²) in [6.07, 6.45) is -3.01. The Hall–Kier alpha value is -3.21. The average Bonchev–Trinajstić information content (AvgIpc) is 3.09. The Morgan fingerprint density at radius 1 is 1.30 bits per heavy atom. The van der Waals surface area contributed by atoms with Gasteiger partial charge in [-0.1, -0.05) is 24.3 Å². The number of carbonyl (C=O) groups is 1. The minimum atomic E-state index is -4.64. The highest BCUT2D eigenvalue weighted by molar-refractivity contribution is 6.02. The number of amidine groups is 1. The summed E-state index contributed by atoms with van der Waals surface area (Å²) >= 11 is 0. The number of aldehydes is 1. The van der Waals surface area contributed by atoms with Crippen LogP contribution < -0.4 is 0 Å². The molecule has 2 aromatic rings. The van der Waals surface area contributed by atoms with Crippen LogP contribution in [0.4, 0.5) is 13.2 Å². The molecule has 1 fully saturated rings. The van der Waals surface area contributed by atoms with E-state index in [0.29, 0.717) is 49.2 Å². The van der Waals surface area contributed by atoms with Gasteiger partial charge in [0.05, 0.1) is 23.1 Å². The molecule has 0 bridgehead atoms. The van der Waals surface area contributed by atoms with Crippen molar-refractivity contribution in [3.05, 3.63) is 64.5 Å². The number of benzene rings is 1. The largest absolute Gasteiger partial charge is 0.433 e. The molecule has 1 aromatic heterocycles. The second-order valence-electron chi connectivity index (χ2n) is 7.61. The van der Waals surface area contributed by atoms with Crippen molar-refractivity contribution < 1.29 is 18.0 Å². The van der Waals surface area contributed by atoms with Crippen LogP contribution in [0, 0.1) is 17.2 Å². The van der Waals surface area contributed by atoms with E-state index in [1.807, 2.05) is 17.0 Å². The molecule has 8 heteroatoms. The summed E-state index contributed by atoms with van der Waals surface area (Å²) in [6, 6.07) is 11.7. The first-order chi connectivity index (χ1) is 14.3. The molecule has 0 N–H and O–H groups in total. The van der Waals surface area contributed by atoms with Gasteiger partial charge in [-0.2, -0.15) is 18.4 Å². The zero-order valence-corrected chi connectivity index (χ0v) is 16.3. The summed E-state index contributed by atoms with van der Waals surface area (Å²) in [6.45, 7) is 0.878. The Kier molecular flexibility index (Phi) is 4.85. The van der Waals surface area contributed by atoms with Gasteiger partial charge in [0, 0.05) is 25.7 Å². The molecule has 1 saturated heterocycles. The summed E-state index contributed by atoms with van der Waals surface area (Å²) in [7, 11) is 1.55. The number of alkyl halides is 3. The second kappa shape index (κ2) is 7.24. The zero-order chi connectivity index (χ0) is 21.5. The van der Waals surface area contributed by atoms with Crippen LogP contribution in [0.25, 0.3) is 0 Å². The van der Waals surface area contributed by atoms with Gasteiger partial charge in [-0.05, 0) is 36.1 Å². The fraction of sp³-hybridized carbons (Fsp3) is 0.364. The number of aromatic nitrogens is 1. The van der Waals surface area contributed by atoms with E-state index in [-0.39, 0.29) is 11.6 Å². The smallest absolute Gasteiger partial charge is 0.354 e. The van der Waals surface area contributed by atoms with Gasteiger partial charge in [-0.25, -0.2) is 4.98 Å². The highest BCUT2D eigenvalue weighted by Crippen LogP contribution is 2.44. The zero-order valence-electron chi connectivity index (χ0n) is 16.3. The van der Waals surface area contributed by atoms with E-state index in [9.17, 15) is 18.0 Å². The highest BCUT2D eigenvalue weighted by Gasteiger charge is 2.46. The SMILES string of the molecule is C/N=C(\c1ccc(C(F)(F)F)nc1C1(C=O)CCc2ccccc21)N1CC(C#N)C1. The fourth-order valence-corrected chi connectivity index (χ4v) is 4.37. The van der Waals surface area contributed by atoms with Gasteiger partial charge in [-0.15, -0.1) is 0 Å². The lowest BCUT2D eigenvalue weighted by atomic mass is 9.77. The number of aryl methyl sites for hydroxylation is 1. The Labute approximate surface area is 171 Å². The Morgan fingerprint density at radius 2 is 2.03 bits per heavy atom. The first kappa shape index (κ1) is 20.1. The lowest BCUT2D eigenvalue weighted by molar-refractivity contribution is -0.141. The number of rotatable bonds is 3. The predicted octanol–water partition coefficient (Wildman–Crippen LogP) is 3.36. The summed E-state index contributed by atoms with van der Waals surface area (Å²) in [5, 5.41) is 9.07. The van der Waals surface area contributed by atoms with Crippen LogP contribution in [0.5, 0.6) is 0 Å². The highest BCUT2D eigenvalue weighted by atomic mass is 19.4. The van der Waals surface area contributed by atoms with Gasteiger partial charge in [0.2, 0.25) is 0 Å². The quantitative estimate of drug-likeness (QED) is 0.440. The molecule has 154 valence electrons. The summed E-state index contributed by atoms with van der Waals surface area (Å²) in [5.41, 5.74) is -0.243. The molecule has 2 aliphatic rings. The monoisotopic (exact) mass is 412 g/mol. The third-order valence-electron chi connectivity index (χ3n) is 5.91. The van der Waals surface area contributed by atoms with Gasteiger partial charge >= 0.3 is 6.18 Å². The van der Waals surface area contributed by atoms with Crippen LogP contribution in [0.2, 0.25) is 0 Å². The van der Waals surface area contributed by atoms with Crippen molar-refractivity contribution in [2.24, 2.45) is 10.9 Å². The predicted molar refractivity (Wildman–Crippen MR) is 104 cm³/mol. The molecule has 4 rings (SSSR count). The lowest BCUT2D eigenvalue weighted by Crippen LogP contribution is -2.50. The van der Waals surface area contributed by atoms with Crippen molar-refractivity contribution >= 4 is 12.1 Å². The molecule has 1 atom stereocenters. The number of likely N-dealkylation sites (tertiary alicyclic amines) is 1. The third kappa shape index (κ3) is 3.05. The van der Waals surface area contributed by atoms with E-state index in [2.05, 4.69) is 16.0 Å². The molecule has 0 spiro atoms. The third-order valence-corrected chi connectivity index (χ3v) is 5.91. The van der Waals surface area contributed by atoms with E-state index in [1.54, 1.807) is 19.2 Å². The van der Waals surface area contributed by atoms with Crippen molar-refractivity contribution in [3.8, 4) is 6.07 Å². The minimum Gasteiger partial charge on any atom is -0.354 e. The number of hydrogen-bond acceptors (Lipinski definition) is 4. The van der Waals surface area contributed by atoms with Crippen molar-refractivity contribution in [3.63, 3.8) is 0 Å². The molecular weight excluding hydrogens is 393 g/mol. The number of nitrogens with zero attached hydrogens (tertiary/aromatic N) is 4. The molecule has 30 heavy (non-hydrogen) atoms. The first-order valence-electron chi connectivity index (χ1n) is 9.59. The second-order valence-corrected chi connectivity index (χ2v) is 7.61. The van der Waals surface area contributed by atoms with E-state index >= 15 is 0 Å². The van der Waals surface area contributed by atoms with E-state index in [0.717, 1.165) is 11.6 Å². The first-order valence-corrected chi connectivity index (χ1v) is 9.59. The molecule has 1 unspecified atom stereocenters. The number of nitriles is 1. The Bertz CT molecular complexity index is 1070. The van der Waals surface area contributed by atoms with Crippen LogP contribution in [0.1, 0.15) is 34.5 Å². The standard InChI is InChI=1S/C22H19F3N4O/c1-27-20(29-11-14(10-26)12-29)16-6-7-18(22(23,24)25)28-19(16)21(13-30)9-8-15-4-2-3-5-17(15)21/h2-7,13-14H,8-9,11-12H2,1H3/b27-20+. The molecule has 0 amide bonds. The van der Waals surface area contributed by atoms with Crippen LogP contribution in [0.3, 0.4) is 0 Å². The Morgan fingerprint density at radius 3 is 2.67 bits per heavy atom. The van der Waals surface area contributed by atoms with Gasteiger partial charge < -0.3 is 9.69 Å². The maximum Gasteiger partial charge on any atom is 0.433 e. The normalized spacial score (nSPS) is 21.7. The van der Waals surface area contributed by atoms with Crippen LogP contribution >= 0.6 is 0 Å². The maximum atomic E-state index is 13.5. The lowest BCUT2D eigenvalue weighted by Gasteiger charge is -2.39. The van der Waals surface area contributed by atoms with Crippen LogP contribution in [-0.4, -0.2) is 42.1 Å². The minimum absolute atomic E-state index is 0.0679. The topological polar surface area (TPSA) is 69.3 Å². The molecule has 2 heterocycles. The van der Waals surface area contributed by atoms with Crippen molar-refractivity contribution in [2.75, 3.05) is 20.1 Å². The van der Waals surface area contributed by atoms with Crippen molar-refractivity contribution in [1.82, 2.24) is 9.88 Å². The maximum absolute atomic E-state index is 13.5. The molecule has 1 aromatic carbocycles. The average molecular weight is 412 g/mol. The number of pyridine rings is 1. The molecule has 1 aliphatic heterocycles. The van der Waals surface area contributed by atoms with Crippen molar-refractivity contribution in [2.45, 2.75) is 24.4 Å². The van der Waals surface area contributed by atoms with Gasteiger partial charge in [0.15, 0.2) is 0 Å². The number of halogens is 3. The fourth-order valence-electron chi connectivity index (χ4n) is 4.37. The van der Waals surface area contributed by atoms with Gasteiger partial charge in [0.1, 0.15) is 17.8 Å². The summed E-state index contributed by atoms with van der Waals surface area (Å²) in [5.74, 6) is 0.295. The number of carbonyl (C=O) groups excluding carboxylic acids is 1. The van der Waals surface area contributed by atoms with Crippen molar-refractivity contribution in [1.29, 1.82) is 5.26 Å². The van der Waals surface area contributed by atoms with Crippen LogP contribution in [0.15, 0.2) is 41.4 Å². The summed E-state index contributed by atoms with van der Waals surface area (Å²) < 4.78 is 40.5. The molecule has 0 radical (unpaired) electrons. The molecule has 0 saturated carbocycles. The number of hydrogen-bond donors (Lipinski definition) is 0. The Balaban J connectivity index is 1.91. The van der Waals surface area contributed by atoms with E-state index in [1.165, 1.54) is 6.07 Å². The van der Waals surface area contributed by atoms with Gasteiger partial charge in [-0.3, -0.25) is 4.99 Å².